The van der Waals surface area contributed by atoms with Crippen LogP contribution in [-0.2, 0) is 9.53 Å². The SMILES string of the molecule is Cc1cc(N2CCN(CCC3CC4(CCCC4)C(=O)O3)CC2)ccn1. The minimum Gasteiger partial charge on any atom is -0.462 e. The van der Waals surface area contributed by atoms with E-state index >= 15 is 0 Å². The number of cyclic esters (lactones) is 1. The van der Waals surface area contributed by atoms with Gasteiger partial charge in [0.1, 0.15) is 6.10 Å². The normalized spacial score (nSPS) is 26.4. The molecule has 0 amide bonds. The number of aromatic nitrogens is 1. The average molecular weight is 343 g/mol. The van der Waals surface area contributed by atoms with Gasteiger partial charge < -0.3 is 9.64 Å². The molecule has 0 bridgehead atoms. The molecule has 0 radical (unpaired) electrons. The number of piperazine rings is 1. The van der Waals surface area contributed by atoms with Crippen LogP contribution in [0.15, 0.2) is 18.3 Å². The molecule has 0 N–H and O–H groups in total. The quantitative estimate of drug-likeness (QED) is 0.787. The van der Waals surface area contributed by atoms with E-state index in [1.807, 2.05) is 13.1 Å². The maximum absolute atomic E-state index is 12.2. The Hall–Kier alpha value is -1.62. The van der Waals surface area contributed by atoms with Gasteiger partial charge in [0, 0.05) is 56.7 Å². The molecule has 5 heteroatoms. The largest absolute Gasteiger partial charge is 0.462 e. The summed E-state index contributed by atoms with van der Waals surface area (Å²) in [6, 6.07) is 4.26. The van der Waals surface area contributed by atoms with Crippen LogP contribution in [0, 0.1) is 12.3 Å². The number of aryl methyl sites for hydroxylation is 1. The lowest BCUT2D eigenvalue weighted by atomic mass is 9.83. The van der Waals surface area contributed by atoms with Gasteiger partial charge in [0.25, 0.3) is 0 Å². The summed E-state index contributed by atoms with van der Waals surface area (Å²) in [6.45, 7) is 7.34. The molecule has 2 aliphatic heterocycles. The van der Waals surface area contributed by atoms with Gasteiger partial charge in [-0.2, -0.15) is 0 Å². The Morgan fingerprint density at radius 2 is 2.00 bits per heavy atom. The van der Waals surface area contributed by atoms with Crippen molar-refractivity contribution < 1.29 is 9.53 Å². The summed E-state index contributed by atoms with van der Waals surface area (Å²) < 4.78 is 5.71. The van der Waals surface area contributed by atoms with Crippen LogP contribution >= 0.6 is 0 Å². The van der Waals surface area contributed by atoms with E-state index in [1.165, 1.54) is 18.5 Å². The second-order valence-electron chi connectivity index (χ2n) is 7.99. The van der Waals surface area contributed by atoms with Crippen molar-refractivity contribution in [2.24, 2.45) is 5.41 Å². The first-order valence-electron chi connectivity index (χ1n) is 9.76. The van der Waals surface area contributed by atoms with Gasteiger partial charge in [-0.05, 0) is 38.3 Å². The van der Waals surface area contributed by atoms with Crippen molar-refractivity contribution in [1.29, 1.82) is 0 Å². The van der Waals surface area contributed by atoms with Gasteiger partial charge in [-0.1, -0.05) is 12.8 Å². The number of hydrogen-bond donors (Lipinski definition) is 0. The lowest BCUT2D eigenvalue weighted by molar-refractivity contribution is -0.148. The maximum atomic E-state index is 12.2. The number of ether oxygens (including phenoxy) is 1. The Morgan fingerprint density at radius 1 is 1.24 bits per heavy atom. The lowest BCUT2D eigenvalue weighted by Gasteiger charge is -2.36. The smallest absolute Gasteiger partial charge is 0.312 e. The van der Waals surface area contributed by atoms with Gasteiger partial charge in [0.2, 0.25) is 0 Å². The van der Waals surface area contributed by atoms with Gasteiger partial charge >= 0.3 is 5.97 Å². The number of esters is 1. The highest BCUT2D eigenvalue weighted by Crippen LogP contribution is 2.48. The van der Waals surface area contributed by atoms with Crippen molar-refractivity contribution in [3.63, 3.8) is 0 Å². The lowest BCUT2D eigenvalue weighted by Crippen LogP contribution is -2.47. The van der Waals surface area contributed by atoms with E-state index in [4.69, 9.17) is 4.74 Å². The van der Waals surface area contributed by atoms with E-state index in [0.29, 0.717) is 0 Å². The van der Waals surface area contributed by atoms with Crippen LogP contribution in [0.3, 0.4) is 0 Å². The molecule has 5 nitrogen and oxygen atoms in total. The predicted octanol–water partition coefficient (Wildman–Crippen LogP) is 2.78. The Balaban J connectivity index is 1.24. The van der Waals surface area contributed by atoms with Gasteiger partial charge in [0.05, 0.1) is 5.41 Å². The van der Waals surface area contributed by atoms with Crippen LogP contribution in [0.25, 0.3) is 0 Å². The molecule has 4 rings (SSSR count). The minimum atomic E-state index is -0.109. The number of carbonyl (C=O) groups is 1. The van der Waals surface area contributed by atoms with Crippen molar-refractivity contribution in [1.82, 2.24) is 9.88 Å². The third-order valence-corrected chi connectivity index (χ3v) is 6.27. The first-order chi connectivity index (χ1) is 12.1. The zero-order chi connectivity index (χ0) is 17.3. The summed E-state index contributed by atoms with van der Waals surface area (Å²) in [6.07, 6.45) is 8.47. The fourth-order valence-corrected chi connectivity index (χ4v) is 4.74. The van der Waals surface area contributed by atoms with Crippen molar-refractivity contribution in [3.05, 3.63) is 24.0 Å². The predicted molar refractivity (Wildman–Crippen MR) is 97.6 cm³/mol. The van der Waals surface area contributed by atoms with Crippen LogP contribution in [0.2, 0.25) is 0 Å². The van der Waals surface area contributed by atoms with Gasteiger partial charge in [-0.15, -0.1) is 0 Å². The van der Waals surface area contributed by atoms with Gasteiger partial charge in [-0.25, -0.2) is 0 Å². The Bertz CT molecular complexity index is 619. The summed E-state index contributed by atoms with van der Waals surface area (Å²) in [5.74, 6) is 0.0906. The molecule has 2 saturated heterocycles. The van der Waals surface area contributed by atoms with Crippen LogP contribution in [0.4, 0.5) is 5.69 Å². The molecule has 1 spiro atoms. The molecule has 1 aromatic rings. The van der Waals surface area contributed by atoms with Crippen LogP contribution in [0.1, 0.15) is 44.2 Å². The summed E-state index contributed by atoms with van der Waals surface area (Å²) in [7, 11) is 0. The Morgan fingerprint density at radius 3 is 2.72 bits per heavy atom. The topological polar surface area (TPSA) is 45.7 Å². The Kier molecular flexibility index (Phi) is 4.67. The Labute approximate surface area is 150 Å². The van der Waals surface area contributed by atoms with Gasteiger partial charge in [0.15, 0.2) is 0 Å². The van der Waals surface area contributed by atoms with Crippen LogP contribution in [-0.4, -0.2) is 54.7 Å². The fourth-order valence-electron chi connectivity index (χ4n) is 4.74. The summed E-state index contributed by atoms with van der Waals surface area (Å²) >= 11 is 0. The molecule has 0 aromatic carbocycles. The van der Waals surface area contributed by atoms with Crippen molar-refractivity contribution in [3.8, 4) is 0 Å². The molecule has 1 aliphatic carbocycles. The molecule has 136 valence electrons. The average Bonchev–Trinajstić information content (AvgIpc) is 3.21. The molecular formula is C20H29N3O2. The number of pyridine rings is 1. The first-order valence-corrected chi connectivity index (χ1v) is 9.76. The van der Waals surface area contributed by atoms with Crippen molar-refractivity contribution in [2.45, 2.75) is 51.6 Å². The first kappa shape index (κ1) is 16.8. The second kappa shape index (κ2) is 6.94. The van der Waals surface area contributed by atoms with E-state index in [2.05, 4.69) is 26.9 Å². The van der Waals surface area contributed by atoms with Crippen LogP contribution in [0.5, 0.6) is 0 Å². The maximum Gasteiger partial charge on any atom is 0.312 e. The highest BCUT2D eigenvalue weighted by Gasteiger charge is 2.50. The highest BCUT2D eigenvalue weighted by atomic mass is 16.6. The van der Waals surface area contributed by atoms with E-state index in [0.717, 1.165) is 64.1 Å². The van der Waals surface area contributed by atoms with E-state index in [9.17, 15) is 4.79 Å². The summed E-state index contributed by atoms with van der Waals surface area (Å²) in [5.41, 5.74) is 2.24. The monoisotopic (exact) mass is 343 g/mol. The summed E-state index contributed by atoms with van der Waals surface area (Å²) in [5, 5.41) is 0. The van der Waals surface area contributed by atoms with Crippen molar-refractivity contribution >= 4 is 11.7 Å². The molecule has 1 aromatic heterocycles. The molecule has 3 aliphatic rings. The molecule has 1 saturated carbocycles. The molecule has 3 fully saturated rings. The minimum absolute atomic E-state index is 0.0906. The number of nitrogens with zero attached hydrogens (tertiary/aromatic N) is 3. The number of hydrogen-bond acceptors (Lipinski definition) is 5. The zero-order valence-corrected chi connectivity index (χ0v) is 15.2. The standard InChI is InChI=1S/C20H29N3O2/c1-16-14-17(4-8-21-16)23-12-10-22(11-13-23)9-5-18-15-20(19(24)25-18)6-2-3-7-20/h4,8,14,18H,2-3,5-7,9-13,15H2,1H3. The molecule has 25 heavy (non-hydrogen) atoms. The van der Waals surface area contributed by atoms with E-state index in [1.54, 1.807) is 0 Å². The number of rotatable bonds is 4. The third kappa shape index (κ3) is 3.52. The molecular weight excluding hydrogens is 314 g/mol. The van der Waals surface area contributed by atoms with Crippen molar-refractivity contribution in [2.75, 3.05) is 37.6 Å². The van der Waals surface area contributed by atoms with Gasteiger partial charge in [-0.3, -0.25) is 14.7 Å². The second-order valence-corrected chi connectivity index (χ2v) is 7.99. The fraction of sp³-hybridized carbons (Fsp3) is 0.700. The molecule has 3 heterocycles. The summed E-state index contributed by atoms with van der Waals surface area (Å²) in [4.78, 5) is 21.5. The zero-order valence-electron chi connectivity index (χ0n) is 15.2. The number of anilines is 1. The number of carbonyl (C=O) groups excluding carboxylic acids is 1. The van der Waals surface area contributed by atoms with E-state index in [-0.39, 0.29) is 17.5 Å². The highest BCUT2D eigenvalue weighted by molar-refractivity contribution is 5.79. The third-order valence-electron chi connectivity index (χ3n) is 6.27. The van der Waals surface area contributed by atoms with Crippen LogP contribution < -0.4 is 4.90 Å². The van der Waals surface area contributed by atoms with E-state index < -0.39 is 0 Å². The molecule has 1 unspecified atom stereocenters. The molecule has 1 atom stereocenters.